The SMILES string of the molecule is CC(=O)c1cn(CC(=O)N2[C@H](C(=O)Nc3nc(Br)ccc3C)C[C@@]3(C)C[C@@H]23)c2c(C)c(F)c(-c3cnc(C)nc3)cc12. The van der Waals surface area contributed by atoms with Gasteiger partial charge in [0.2, 0.25) is 11.8 Å². The second-order valence-electron chi connectivity index (χ2n) is 11.7. The summed E-state index contributed by atoms with van der Waals surface area (Å²) < 4.78 is 18.0. The number of benzene rings is 1. The first-order valence-corrected chi connectivity index (χ1v) is 14.5. The van der Waals surface area contributed by atoms with Crippen LogP contribution in [0.25, 0.3) is 22.0 Å². The van der Waals surface area contributed by atoms with E-state index in [1.54, 1.807) is 54.0 Å². The number of carbonyl (C=O) groups excluding carboxylic acids is 3. The van der Waals surface area contributed by atoms with Crippen LogP contribution in [0.3, 0.4) is 0 Å². The van der Waals surface area contributed by atoms with Gasteiger partial charge in [-0.2, -0.15) is 0 Å². The number of aromatic nitrogens is 4. The third-order valence-electron chi connectivity index (χ3n) is 8.63. The lowest BCUT2D eigenvalue weighted by Crippen LogP contribution is -2.46. The van der Waals surface area contributed by atoms with E-state index in [0.29, 0.717) is 50.3 Å². The van der Waals surface area contributed by atoms with Gasteiger partial charge in [0.05, 0.1) is 5.52 Å². The number of hydrogen-bond acceptors (Lipinski definition) is 6. The van der Waals surface area contributed by atoms with Gasteiger partial charge in [0.25, 0.3) is 0 Å². The number of amides is 2. The minimum atomic E-state index is -0.665. The average molecular weight is 634 g/mol. The number of aryl methyl sites for hydroxylation is 3. The van der Waals surface area contributed by atoms with Crippen molar-refractivity contribution in [2.24, 2.45) is 5.41 Å². The quantitative estimate of drug-likeness (QED) is 0.221. The maximum atomic E-state index is 15.8. The first kappa shape index (κ1) is 28.1. The van der Waals surface area contributed by atoms with Gasteiger partial charge in [0, 0.05) is 52.3 Å². The summed E-state index contributed by atoms with van der Waals surface area (Å²) in [5, 5.41) is 3.45. The van der Waals surface area contributed by atoms with Gasteiger partial charge in [-0.3, -0.25) is 14.4 Å². The third kappa shape index (κ3) is 4.69. The lowest BCUT2D eigenvalue weighted by atomic mass is 9.99. The number of ketones is 1. The number of likely N-dealkylation sites (tertiary alicyclic amines) is 1. The van der Waals surface area contributed by atoms with Crippen molar-refractivity contribution in [3.05, 3.63) is 69.7 Å². The fourth-order valence-corrected chi connectivity index (χ4v) is 6.52. The molecule has 1 aliphatic carbocycles. The summed E-state index contributed by atoms with van der Waals surface area (Å²) in [7, 11) is 0. The number of halogens is 2. The van der Waals surface area contributed by atoms with Gasteiger partial charge in [-0.1, -0.05) is 13.0 Å². The molecule has 2 amide bonds. The van der Waals surface area contributed by atoms with Crippen LogP contribution in [-0.2, 0) is 16.1 Å². The molecule has 9 nitrogen and oxygen atoms in total. The molecule has 4 aromatic rings. The molecule has 3 aromatic heterocycles. The number of hydrogen-bond donors (Lipinski definition) is 1. The molecule has 0 bridgehead atoms. The number of nitrogens with zero attached hydrogens (tertiary/aromatic N) is 5. The Morgan fingerprint density at radius 3 is 2.55 bits per heavy atom. The third-order valence-corrected chi connectivity index (χ3v) is 9.08. The number of anilines is 1. The van der Waals surface area contributed by atoms with Crippen LogP contribution in [0.1, 0.15) is 54.0 Å². The zero-order chi connectivity index (χ0) is 30.1. The molecule has 216 valence electrons. The van der Waals surface area contributed by atoms with Crippen LogP contribution in [0, 0.1) is 32.0 Å². The van der Waals surface area contributed by atoms with Crippen molar-refractivity contribution in [3.63, 3.8) is 0 Å². The zero-order valence-electron chi connectivity index (χ0n) is 24.0. The van der Waals surface area contributed by atoms with Crippen molar-refractivity contribution in [1.29, 1.82) is 0 Å². The normalized spacial score (nSPS) is 21.0. The summed E-state index contributed by atoms with van der Waals surface area (Å²) in [6.45, 7) is 8.64. The molecular formula is C31H30BrFN6O3. The Morgan fingerprint density at radius 2 is 1.86 bits per heavy atom. The first-order chi connectivity index (χ1) is 19.9. The van der Waals surface area contributed by atoms with E-state index in [0.717, 1.165) is 12.0 Å². The highest BCUT2D eigenvalue weighted by Gasteiger charge is 2.64. The summed E-state index contributed by atoms with van der Waals surface area (Å²) in [6, 6.07) is 4.55. The largest absolute Gasteiger partial charge is 0.337 e. The molecule has 1 saturated heterocycles. The molecule has 3 atom stereocenters. The fraction of sp³-hybridized carbons (Fsp3) is 0.355. The zero-order valence-corrected chi connectivity index (χ0v) is 25.5. The Balaban J connectivity index is 1.34. The van der Waals surface area contributed by atoms with Crippen molar-refractivity contribution in [2.75, 3.05) is 5.32 Å². The van der Waals surface area contributed by atoms with Crippen molar-refractivity contribution < 1.29 is 18.8 Å². The molecule has 6 rings (SSSR count). The molecule has 1 N–H and O–H groups in total. The predicted octanol–water partition coefficient (Wildman–Crippen LogP) is 5.54. The Kier molecular flexibility index (Phi) is 6.75. The Labute approximate surface area is 250 Å². The molecule has 11 heteroatoms. The number of pyridine rings is 1. The average Bonchev–Trinajstić information content (AvgIpc) is 3.29. The molecule has 1 saturated carbocycles. The maximum Gasteiger partial charge on any atom is 0.248 e. The van der Waals surface area contributed by atoms with Gasteiger partial charge in [0.15, 0.2) is 5.78 Å². The molecular weight excluding hydrogens is 603 g/mol. The number of Topliss-reactive ketones (excluding diaryl/α,β-unsaturated/α-hetero) is 1. The standard InChI is InChI=1S/C31H30BrFN6O3/c1-15-6-7-25(32)36-29(15)37-30(42)23-9-31(5)10-24(31)39(23)26(41)14-38-13-22(17(3)40)21-8-20(27(33)16(2)28(21)38)19-11-34-18(4)35-12-19/h6-8,11-13,23-24H,9-10,14H2,1-5H3,(H,36,37,42)/t23-,24+,31-/m0/s1. The van der Waals surface area contributed by atoms with E-state index < -0.39 is 11.9 Å². The smallest absolute Gasteiger partial charge is 0.248 e. The summed E-state index contributed by atoms with van der Waals surface area (Å²) in [5.74, 6) is -0.219. The maximum absolute atomic E-state index is 15.8. The lowest BCUT2D eigenvalue weighted by molar-refractivity contribution is -0.138. The van der Waals surface area contributed by atoms with E-state index >= 15 is 4.39 Å². The van der Waals surface area contributed by atoms with E-state index in [1.807, 2.05) is 13.0 Å². The van der Waals surface area contributed by atoms with Gasteiger partial charge in [-0.15, -0.1) is 0 Å². The van der Waals surface area contributed by atoms with E-state index in [1.165, 1.54) is 6.92 Å². The highest BCUT2D eigenvalue weighted by molar-refractivity contribution is 9.10. The fourth-order valence-electron chi connectivity index (χ4n) is 6.22. The van der Waals surface area contributed by atoms with Crippen molar-refractivity contribution in [1.82, 2.24) is 24.4 Å². The van der Waals surface area contributed by atoms with Crippen LogP contribution >= 0.6 is 15.9 Å². The number of rotatable bonds is 6. The van der Waals surface area contributed by atoms with E-state index in [-0.39, 0.29) is 41.2 Å². The van der Waals surface area contributed by atoms with Crippen LogP contribution in [-0.4, -0.2) is 54.1 Å². The molecule has 1 aromatic carbocycles. The molecule has 0 radical (unpaired) electrons. The monoisotopic (exact) mass is 632 g/mol. The Morgan fingerprint density at radius 1 is 1.14 bits per heavy atom. The predicted molar refractivity (Wildman–Crippen MR) is 159 cm³/mol. The van der Waals surface area contributed by atoms with Crippen molar-refractivity contribution >= 4 is 50.2 Å². The summed E-state index contributed by atoms with van der Waals surface area (Å²) in [4.78, 5) is 54.5. The molecule has 0 spiro atoms. The van der Waals surface area contributed by atoms with Crippen LogP contribution < -0.4 is 5.32 Å². The van der Waals surface area contributed by atoms with Crippen LogP contribution in [0.15, 0.2) is 41.4 Å². The molecule has 2 fully saturated rings. The minimum Gasteiger partial charge on any atom is -0.337 e. The van der Waals surface area contributed by atoms with Gasteiger partial charge in [0.1, 0.15) is 34.6 Å². The van der Waals surface area contributed by atoms with Crippen LogP contribution in [0.2, 0.25) is 0 Å². The number of fused-ring (bicyclic) bond motifs is 2. The Bertz CT molecular complexity index is 1800. The van der Waals surface area contributed by atoms with Crippen LogP contribution in [0.4, 0.5) is 10.2 Å². The lowest BCUT2D eigenvalue weighted by Gasteiger charge is -2.27. The van der Waals surface area contributed by atoms with Crippen LogP contribution in [0.5, 0.6) is 0 Å². The summed E-state index contributed by atoms with van der Waals surface area (Å²) in [5.41, 5.74) is 2.63. The van der Waals surface area contributed by atoms with E-state index in [4.69, 9.17) is 0 Å². The molecule has 0 unspecified atom stereocenters. The first-order valence-electron chi connectivity index (χ1n) is 13.7. The topological polar surface area (TPSA) is 110 Å². The van der Waals surface area contributed by atoms with Gasteiger partial charge in [-0.25, -0.2) is 19.3 Å². The van der Waals surface area contributed by atoms with Gasteiger partial charge in [-0.05, 0) is 79.6 Å². The highest BCUT2D eigenvalue weighted by atomic mass is 79.9. The number of carbonyl (C=O) groups is 3. The second kappa shape index (κ2) is 10.1. The van der Waals surface area contributed by atoms with E-state index in [9.17, 15) is 14.4 Å². The molecule has 42 heavy (non-hydrogen) atoms. The second-order valence-corrected chi connectivity index (χ2v) is 12.5. The molecule has 1 aliphatic heterocycles. The van der Waals surface area contributed by atoms with Gasteiger partial charge >= 0.3 is 0 Å². The highest BCUT2D eigenvalue weighted by Crippen LogP contribution is 2.59. The Hall–Kier alpha value is -3.99. The molecule has 2 aliphatic rings. The summed E-state index contributed by atoms with van der Waals surface area (Å²) in [6.07, 6.45) is 6.08. The minimum absolute atomic E-state index is 0.0580. The summed E-state index contributed by atoms with van der Waals surface area (Å²) >= 11 is 3.34. The van der Waals surface area contributed by atoms with E-state index in [2.05, 4.69) is 43.1 Å². The van der Waals surface area contributed by atoms with Crippen molar-refractivity contribution in [2.45, 2.75) is 66.1 Å². The number of nitrogens with one attached hydrogen (secondary N) is 1. The van der Waals surface area contributed by atoms with Gasteiger partial charge < -0.3 is 14.8 Å². The molecule has 4 heterocycles. The van der Waals surface area contributed by atoms with Crippen molar-refractivity contribution in [3.8, 4) is 11.1 Å². The number of piperidine rings is 1.